The predicted molar refractivity (Wildman–Crippen MR) is 164 cm³/mol. The number of nitrogens with zero attached hydrogens (tertiary/aromatic N) is 4. The summed E-state index contributed by atoms with van der Waals surface area (Å²) in [6, 6.07) is 5.87. The van der Waals surface area contributed by atoms with Crippen molar-refractivity contribution in [1.82, 2.24) is 14.5 Å². The van der Waals surface area contributed by atoms with Crippen molar-refractivity contribution in [3.8, 4) is 22.6 Å². The zero-order valence-electron chi connectivity index (χ0n) is 24.8. The third kappa shape index (κ3) is 4.32. The van der Waals surface area contributed by atoms with Gasteiger partial charge in [0, 0.05) is 42.0 Å². The van der Waals surface area contributed by atoms with Crippen LogP contribution in [0.2, 0.25) is 0 Å². The lowest BCUT2D eigenvalue weighted by molar-refractivity contribution is -0.129. The number of halogens is 3. The maximum atomic E-state index is 17.1. The van der Waals surface area contributed by atoms with Crippen LogP contribution in [0, 0.1) is 24.4 Å². The molecule has 2 aliphatic rings. The minimum absolute atomic E-state index is 0.0617. The third-order valence-electron chi connectivity index (χ3n) is 8.51. The molecule has 0 radical (unpaired) electrons. The summed E-state index contributed by atoms with van der Waals surface area (Å²) < 4.78 is 55.6. The Hall–Kier alpha value is -4.80. The maximum absolute atomic E-state index is 17.1. The lowest BCUT2D eigenvalue weighted by atomic mass is 9.96. The van der Waals surface area contributed by atoms with E-state index in [0.29, 0.717) is 16.9 Å². The molecular formula is C33H32F3N5O3. The van der Waals surface area contributed by atoms with Crippen LogP contribution < -0.4 is 20.9 Å². The zero-order chi connectivity index (χ0) is 31.6. The Labute approximate surface area is 252 Å². The van der Waals surface area contributed by atoms with Gasteiger partial charge in [0.1, 0.15) is 18.2 Å². The number of benzene rings is 2. The van der Waals surface area contributed by atoms with Crippen LogP contribution >= 0.6 is 0 Å². The van der Waals surface area contributed by atoms with E-state index in [4.69, 9.17) is 10.5 Å². The van der Waals surface area contributed by atoms with E-state index >= 15 is 13.2 Å². The molecule has 44 heavy (non-hydrogen) atoms. The van der Waals surface area contributed by atoms with E-state index < -0.39 is 40.2 Å². The zero-order valence-corrected chi connectivity index (χ0v) is 24.8. The van der Waals surface area contributed by atoms with Gasteiger partial charge in [-0.15, -0.1) is 0 Å². The van der Waals surface area contributed by atoms with Gasteiger partial charge in [0.2, 0.25) is 11.7 Å². The molecule has 8 nitrogen and oxygen atoms in total. The molecule has 0 saturated carbocycles. The van der Waals surface area contributed by atoms with E-state index in [1.54, 1.807) is 24.1 Å². The lowest BCUT2D eigenvalue weighted by Crippen LogP contribution is -2.62. The fourth-order valence-corrected chi connectivity index (χ4v) is 6.44. The number of carbonyl (C=O) groups excluding carboxylic acids is 1. The molecule has 0 spiro atoms. The molecule has 228 valence electrons. The Morgan fingerprint density at radius 1 is 1.14 bits per heavy atom. The first-order valence-corrected chi connectivity index (χ1v) is 14.4. The molecule has 2 aromatic carbocycles. The number of ether oxygens (including phenoxy) is 1. The van der Waals surface area contributed by atoms with Crippen LogP contribution in [0.5, 0.6) is 5.75 Å². The highest BCUT2D eigenvalue weighted by Gasteiger charge is 2.41. The van der Waals surface area contributed by atoms with Crippen LogP contribution in [0.4, 0.5) is 24.5 Å². The van der Waals surface area contributed by atoms with Crippen LogP contribution in [0.25, 0.3) is 27.7 Å². The summed E-state index contributed by atoms with van der Waals surface area (Å²) >= 11 is 0. The van der Waals surface area contributed by atoms with Gasteiger partial charge in [0.15, 0.2) is 5.82 Å². The standard InChI is InChI=1S/C33H32F3N5O3/c1-6-24(42)39-14-19-15-44-32-31(40(19)13-18(39)5)20-12-22(35)26(25-21(34)8-7-9-23(25)37)27(36)30(20)41(33(32)43)29-17(4)10-11-38-28(29)16(2)3/h6-12,16,18-19H,1,13-15,37H2,2-5H3. The Bertz CT molecular complexity index is 1900. The summed E-state index contributed by atoms with van der Waals surface area (Å²) in [7, 11) is 0. The minimum atomic E-state index is -1.15. The highest BCUT2D eigenvalue weighted by molar-refractivity contribution is 6.00. The van der Waals surface area contributed by atoms with Crippen molar-refractivity contribution < 1.29 is 22.7 Å². The highest BCUT2D eigenvalue weighted by atomic mass is 19.1. The number of nitrogens with two attached hydrogens (primary N) is 1. The molecule has 11 heteroatoms. The van der Waals surface area contributed by atoms with Gasteiger partial charge in [-0.05, 0) is 55.7 Å². The second-order valence-electron chi connectivity index (χ2n) is 11.6. The smallest absolute Gasteiger partial charge is 0.300 e. The van der Waals surface area contributed by atoms with Gasteiger partial charge in [-0.1, -0.05) is 26.5 Å². The molecule has 4 heterocycles. The average Bonchev–Trinajstić information content (AvgIpc) is 2.98. The van der Waals surface area contributed by atoms with Gasteiger partial charge in [-0.2, -0.15) is 0 Å². The molecule has 4 aromatic rings. The van der Waals surface area contributed by atoms with Crippen molar-refractivity contribution >= 4 is 28.2 Å². The van der Waals surface area contributed by atoms with E-state index in [2.05, 4.69) is 11.6 Å². The summed E-state index contributed by atoms with van der Waals surface area (Å²) in [5.41, 5.74) is 5.53. The number of piperazine rings is 1. The quantitative estimate of drug-likeness (QED) is 0.246. The van der Waals surface area contributed by atoms with Gasteiger partial charge >= 0.3 is 0 Å². The van der Waals surface area contributed by atoms with E-state index in [1.807, 2.05) is 25.7 Å². The van der Waals surface area contributed by atoms with Gasteiger partial charge < -0.3 is 20.3 Å². The molecule has 6 rings (SSSR count). The number of amides is 1. The molecular weight excluding hydrogens is 571 g/mol. The Kier molecular flexibility index (Phi) is 7.14. The predicted octanol–water partition coefficient (Wildman–Crippen LogP) is 5.47. The number of aromatic nitrogens is 2. The van der Waals surface area contributed by atoms with Crippen molar-refractivity contribution in [3.63, 3.8) is 0 Å². The number of hydrogen-bond donors (Lipinski definition) is 1. The SMILES string of the molecule is C=CC(=O)N1CC2COc3c(c4cc(F)c(-c5c(N)cccc5F)c(F)c4n(-c4c(C)ccnc4C(C)C)c3=O)N2CC1C. The largest absolute Gasteiger partial charge is 0.484 e. The van der Waals surface area contributed by atoms with Crippen LogP contribution in [-0.4, -0.2) is 52.1 Å². The number of hydrogen-bond acceptors (Lipinski definition) is 6. The third-order valence-corrected chi connectivity index (χ3v) is 8.51. The molecule has 2 N–H and O–H groups in total. The molecule has 1 fully saturated rings. The molecule has 0 aliphatic carbocycles. The number of aryl methyl sites for hydroxylation is 1. The van der Waals surface area contributed by atoms with E-state index in [1.165, 1.54) is 22.8 Å². The highest BCUT2D eigenvalue weighted by Crippen LogP contribution is 2.45. The molecule has 2 atom stereocenters. The van der Waals surface area contributed by atoms with Gasteiger partial charge in [0.25, 0.3) is 5.56 Å². The first-order valence-electron chi connectivity index (χ1n) is 14.4. The first kappa shape index (κ1) is 29.3. The molecule has 2 unspecified atom stereocenters. The Morgan fingerprint density at radius 3 is 2.57 bits per heavy atom. The average molecular weight is 604 g/mol. The fraction of sp³-hybridized carbons (Fsp3) is 0.303. The van der Waals surface area contributed by atoms with Gasteiger partial charge in [-0.3, -0.25) is 19.1 Å². The molecule has 0 bridgehead atoms. The summed E-state index contributed by atoms with van der Waals surface area (Å²) in [6.45, 7) is 11.6. The van der Waals surface area contributed by atoms with Crippen LogP contribution in [0.1, 0.15) is 37.9 Å². The number of fused-ring (bicyclic) bond motifs is 5. The van der Waals surface area contributed by atoms with E-state index in [-0.39, 0.29) is 65.6 Å². The first-order chi connectivity index (χ1) is 21.0. The van der Waals surface area contributed by atoms with Crippen molar-refractivity contribution in [2.24, 2.45) is 0 Å². The van der Waals surface area contributed by atoms with Crippen LogP contribution in [-0.2, 0) is 4.79 Å². The van der Waals surface area contributed by atoms with Crippen LogP contribution in [0.3, 0.4) is 0 Å². The van der Waals surface area contributed by atoms with Crippen LogP contribution in [0.15, 0.2) is 54.0 Å². The summed E-state index contributed by atoms with van der Waals surface area (Å²) in [6.07, 6.45) is 2.84. The normalized spacial score (nSPS) is 17.8. The second kappa shape index (κ2) is 10.7. The van der Waals surface area contributed by atoms with Crippen molar-refractivity contribution in [1.29, 1.82) is 0 Å². The number of anilines is 2. The summed E-state index contributed by atoms with van der Waals surface area (Å²) in [5.74, 6) is -3.60. The number of pyridine rings is 2. The van der Waals surface area contributed by atoms with E-state index in [9.17, 15) is 9.59 Å². The number of carbonyl (C=O) groups is 1. The maximum Gasteiger partial charge on any atom is 0.300 e. The molecule has 2 aliphatic heterocycles. The molecule has 1 saturated heterocycles. The number of nitrogen functional groups attached to an aromatic ring is 1. The monoisotopic (exact) mass is 603 g/mol. The van der Waals surface area contributed by atoms with E-state index in [0.717, 1.165) is 12.1 Å². The summed E-state index contributed by atoms with van der Waals surface area (Å²) in [5, 5.41) is 0.0617. The van der Waals surface area contributed by atoms with Crippen molar-refractivity contribution in [3.05, 3.63) is 88.2 Å². The Balaban J connectivity index is 1.75. The van der Waals surface area contributed by atoms with Gasteiger partial charge in [-0.25, -0.2) is 13.2 Å². The Morgan fingerprint density at radius 2 is 1.89 bits per heavy atom. The van der Waals surface area contributed by atoms with Crippen molar-refractivity contribution in [2.75, 3.05) is 30.3 Å². The molecule has 1 amide bonds. The summed E-state index contributed by atoms with van der Waals surface area (Å²) in [4.78, 5) is 35.1. The van der Waals surface area contributed by atoms with Gasteiger partial charge in [0.05, 0.1) is 34.2 Å². The topological polar surface area (TPSA) is 93.7 Å². The fourth-order valence-electron chi connectivity index (χ4n) is 6.44. The second-order valence-corrected chi connectivity index (χ2v) is 11.6. The number of rotatable bonds is 4. The minimum Gasteiger partial charge on any atom is -0.484 e. The molecule has 2 aromatic heterocycles. The lowest BCUT2D eigenvalue weighted by Gasteiger charge is -2.48. The van der Waals surface area contributed by atoms with Crippen molar-refractivity contribution in [2.45, 2.75) is 45.7 Å².